The molecule has 32 heavy (non-hydrogen) atoms. The molecule has 0 aliphatic heterocycles. The number of anilines is 1. The van der Waals surface area contributed by atoms with Gasteiger partial charge in [0.05, 0.1) is 10.8 Å². The summed E-state index contributed by atoms with van der Waals surface area (Å²) in [7, 11) is 0. The molecule has 9 heteroatoms. The van der Waals surface area contributed by atoms with E-state index in [0.29, 0.717) is 16.7 Å². The molecule has 4 aromatic rings. The number of carbonyl (C=O) groups excluding carboxylic acids is 1. The lowest BCUT2D eigenvalue weighted by Gasteiger charge is -2.11. The van der Waals surface area contributed by atoms with Crippen molar-refractivity contribution in [1.82, 2.24) is 19.7 Å². The van der Waals surface area contributed by atoms with E-state index in [9.17, 15) is 9.18 Å². The Morgan fingerprint density at radius 1 is 1.09 bits per heavy atom. The van der Waals surface area contributed by atoms with E-state index in [1.807, 2.05) is 28.8 Å². The molecule has 1 N–H and O–H groups in total. The number of hydrogen-bond donors (Lipinski definition) is 1. The van der Waals surface area contributed by atoms with Gasteiger partial charge in [0.15, 0.2) is 11.0 Å². The summed E-state index contributed by atoms with van der Waals surface area (Å²) in [5, 5.41) is 11.9. The van der Waals surface area contributed by atoms with Gasteiger partial charge in [0, 0.05) is 29.3 Å². The fraction of sp³-hybridized carbons (Fsp3) is 0.130. The van der Waals surface area contributed by atoms with Crippen molar-refractivity contribution in [3.05, 3.63) is 83.4 Å². The van der Waals surface area contributed by atoms with E-state index >= 15 is 0 Å². The van der Waals surface area contributed by atoms with Crippen LogP contribution in [0.15, 0.2) is 72.1 Å². The van der Waals surface area contributed by atoms with Crippen LogP contribution in [0.2, 0.25) is 5.02 Å². The number of amides is 1. The zero-order valence-electron chi connectivity index (χ0n) is 17.1. The van der Waals surface area contributed by atoms with Gasteiger partial charge in [0.2, 0.25) is 5.91 Å². The van der Waals surface area contributed by atoms with Crippen molar-refractivity contribution in [2.24, 2.45) is 0 Å². The molecule has 0 fully saturated rings. The van der Waals surface area contributed by atoms with Crippen LogP contribution in [0.5, 0.6) is 0 Å². The number of aromatic nitrogens is 4. The van der Waals surface area contributed by atoms with Crippen LogP contribution in [0.3, 0.4) is 0 Å². The fourth-order valence-electron chi connectivity index (χ4n) is 3.07. The summed E-state index contributed by atoms with van der Waals surface area (Å²) in [5.74, 6) is -0.0509. The van der Waals surface area contributed by atoms with Crippen molar-refractivity contribution >= 4 is 35.0 Å². The number of thioether (sulfide) groups is 1. The van der Waals surface area contributed by atoms with Gasteiger partial charge < -0.3 is 5.32 Å². The summed E-state index contributed by atoms with van der Waals surface area (Å²) in [6.45, 7) is 2.10. The van der Waals surface area contributed by atoms with Gasteiger partial charge in [-0.25, -0.2) is 4.39 Å². The Labute approximate surface area is 193 Å². The van der Waals surface area contributed by atoms with Gasteiger partial charge in [0.25, 0.3) is 0 Å². The second-order valence-electron chi connectivity index (χ2n) is 6.86. The maximum absolute atomic E-state index is 13.3. The molecule has 162 valence electrons. The molecule has 0 saturated carbocycles. The Balaban J connectivity index is 1.58. The molecule has 0 saturated heterocycles. The largest absolute Gasteiger partial charge is 0.325 e. The van der Waals surface area contributed by atoms with Gasteiger partial charge in [-0.1, -0.05) is 42.4 Å². The predicted octanol–water partition coefficient (Wildman–Crippen LogP) is 5.42. The number of nitrogens with zero attached hydrogens (tertiary/aromatic N) is 4. The van der Waals surface area contributed by atoms with Crippen molar-refractivity contribution in [3.63, 3.8) is 0 Å². The molecule has 2 aromatic heterocycles. The Hall–Kier alpha value is -3.23. The highest BCUT2D eigenvalue weighted by Gasteiger charge is 2.17. The number of carbonyl (C=O) groups is 1. The van der Waals surface area contributed by atoms with Gasteiger partial charge in [-0.3, -0.25) is 14.3 Å². The van der Waals surface area contributed by atoms with Gasteiger partial charge >= 0.3 is 0 Å². The van der Waals surface area contributed by atoms with Crippen molar-refractivity contribution in [1.29, 1.82) is 0 Å². The number of halogens is 2. The quantitative estimate of drug-likeness (QED) is 0.368. The highest BCUT2D eigenvalue weighted by Crippen LogP contribution is 2.28. The van der Waals surface area contributed by atoms with E-state index in [2.05, 4.69) is 39.6 Å². The summed E-state index contributed by atoms with van der Waals surface area (Å²) in [5.41, 5.74) is 3.41. The van der Waals surface area contributed by atoms with Crippen LogP contribution in [-0.2, 0) is 11.2 Å². The van der Waals surface area contributed by atoms with E-state index < -0.39 is 5.82 Å². The third-order valence-electron chi connectivity index (χ3n) is 4.71. The fourth-order valence-corrected chi connectivity index (χ4v) is 4.00. The molecule has 2 aromatic carbocycles. The topological polar surface area (TPSA) is 72.7 Å². The predicted molar refractivity (Wildman–Crippen MR) is 125 cm³/mol. The molecule has 0 aliphatic carbocycles. The van der Waals surface area contributed by atoms with Gasteiger partial charge in [-0.15, -0.1) is 10.2 Å². The van der Waals surface area contributed by atoms with E-state index in [0.717, 1.165) is 17.7 Å². The van der Waals surface area contributed by atoms with Crippen LogP contribution in [-0.4, -0.2) is 31.4 Å². The van der Waals surface area contributed by atoms with E-state index in [1.54, 1.807) is 12.4 Å². The van der Waals surface area contributed by atoms with Crippen molar-refractivity contribution in [2.45, 2.75) is 18.5 Å². The number of rotatable bonds is 7. The van der Waals surface area contributed by atoms with E-state index in [1.165, 1.54) is 35.5 Å². The van der Waals surface area contributed by atoms with Gasteiger partial charge in [-0.05, 0) is 54.4 Å². The monoisotopic (exact) mass is 467 g/mol. The number of aryl methyl sites for hydroxylation is 1. The average Bonchev–Trinajstić information content (AvgIpc) is 3.25. The maximum atomic E-state index is 13.3. The molecular formula is C23H19ClFN5OS. The molecule has 0 aliphatic rings. The molecule has 0 radical (unpaired) electrons. The van der Waals surface area contributed by atoms with E-state index in [-0.39, 0.29) is 16.7 Å². The highest BCUT2D eigenvalue weighted by atomic mass is 35.5. The first-order chi connectivity index (χ1) is 15.5. The summed E-state index contributed by atoms with van der Waals surface area (Å²) < 4.78 is 15.2. The minimum absolute atomic E-state index is 0.0484. The third-order valence-corrected chi connectivity index (χ3v) is 5.93. The summed E-state index contributed by atoms with van der Waals surface area (Å²) in [6.07, 6.45) is 4.33. The van der Waals surface area contributed by atoms with Gasteiger partial charge in [0.1, 0.15) is 5.82 Å². The molecule has 6 nitrogen and oxygen atoms in total. The second kappa shape index (κ2) is 9.93. The Bertz CT molecular complexity index is 1230. The first kappa shape index (κ1) is 22.0. The lowest BCUT2D eigenvalue weighted by Crippen LogP contribution is -2.14. The smallest absolute Gasteiger partial charge is 0.234 e. The summed E-state index contributed by atoms with van der Waals surface area (Å²) in [4.78, 5) is 16.5. The van der Waals surface area contributed by atoms with E-state index in [4.69, 9.17) is 11.6 Å². The van der Waals surface area contributed by atoms with Gasteiger partial charge in [-0.2, -0.15) is 0 Å². The molecule has 2 heterocycles. The van der Waals surface area contributed by atoms with Crippen LogP contribution in [0.25, 0.3) is 17.1 Å². The second-order valence-corrected chi connectivity index (χ2v) is 8.21. The summed E-state index contributed by atoms with van der Waals surface area (Å²) in [6, 6.07) is 15.9. The molecule has 0 unspecified atom stereocenters. The number of hydrogen-bond acceptors (Lipinski definition) is 5. The Morgan fingerprint density at radius 2 is 1.84 bits per heavy atom. The lowest BCUT2D eigenvalue weighted by atomic mass is 10.1. The zero-order chi connectivity index (χ0) is 22.5. The molecule has 4 rings (SSSR count). The minimum Gasteiger partial charge on any atom is -0.325 e. The average molecular weight is 468 g/mol. The number of pyridine rings is 1. The molecular weight excluding hydrogens is 449 g/mol. The molecule has 1 amide bonds. The zero-order valence-corrected chi connectivity index (χ0v) is 18.7. The first-order valence-electron chi connectivity index (χ1n) is 9.88. The SMILES string of the molecule is CCc1ccc(-n2c(SCC(=O)Nc3ccc(F)c(Cl)c3)nnc2-c2ccncc2)cc1. The standard InChI is InChI=1S/C23H19ClFN5OS/c1-2-15-3-6-18(7-4-15)30-22(16-9-11-26-12-10-16)28-29-23(30)32-14-21(31)27-17-5-8-20(25)19(24)13-17/h3-13H,2,14H2,1H3,(H,27,31). The Kier molecular flexibility index (Phi) is 6.82. The van der Waals surface area contributed by atoms with Crippen molar-refractivity contribution < 1.29 is 9.18 Å². The van der Waals surface area contributed by atoms with Crippen molar-refractivity contribution in [2.75, 3.05) is 11.1 Å². The first-order valence-corrected chi connectivity index (χ1v) is 11.2. The number of nitrogens with one attached hydrogen (secondary N) is 1. The minimum atomic E-state index is -0.537. The highest BCUT2D eigenvalue weighted by molar-refractivity contribution is 7.99. The normalized spacial score (nSPS) is 10.8. The lowest BCUT2D eigenvalue weighted by molar-refractivity contribution is -0.113. The number of benzene rings is 2. The van der Waals surface area contributed by atoms with Crippen LogP contribution in [0.1, 0.15) is 12.5 Å². The molecule has 0 atom stereocenters. The van der Waals surface area contributed by atoms with Crippen LogP contribution >= 0.6 is 23.4 Å². The maximum Gasteiger partial charge on any atom is 0.234 e. The van der Waals surface area contributed by atoms with Crippen molar-refractivity contribution in [3.8, 4) is 17.1 Å². The Morgan fingerprint density at radius 3 is 2.53 bits per heavy atom. The van der Waals surface area contributed by atoms with Crippen LogP contribution < -0.4 is 5.32 Å². The third kappa shape index (κ3) is 4.98. The van der Waals surface area contributed by atoms with Crippen LogP contribution in [0.4, 0.5) is 10.1 Å². The summed E-state index contributed by atoms with van der Waals surface area (Å²) >= 11 is 7.04. The van der Waals surface area contributed by atoms with Crippen LogP contribution in [0, 0.1) is 5.82 Å². The molecule has 0 spiro atoms. The molecule has 0 bridgehead atoms.